The summed E-state index contributed by atoms with van der Waals surface area (Å²) in [7, 11) is 1.65. The smallest absolute Gasteiger partial charge is 0.242 e. The largest absolute Gasteiger partial charge is 0.397 e. The molecular weight excluding hydrogens is 286 g/mol. The average molecular weight is 311 g/mol. The Labute approximate surface area is 127 Å². The summed E-state index contributed by atoms with van der Waals surface area (Å²) in [6.07, 6.45) is 6.02. The van der Waals surface area contributed by atoms with Crippen LogP contribution in [0.25, 0.3) is 0 Å². The molecule has 0 atom stereocenters. The molecule has 1 aromatic rings. The molecule has 0 amide bonds. The van der Waals surface area contributed by atoms with E-state index in [-0.39, 0.29) is 0 Å². The Morgan fingerprint density at radius 2 is 1.71 bits per heavy atom. The molecule has 2 N–H and O–H groups in total. The van der Waals surface area contributed by atoms with Gasteiger partial charge in [-0.25, -0.2) is 12.7 Å². The lowest BCUT2D eigenvalue weighted by atomic mass is 9.94. The number of hydrogen-bond acceptors (Lipinski definition) is 4. The molecule has 118 valence electrons. The minimum Gasteiger partial charge on any atom is -0.397 e. The van der Waals surface area contributed by atoms with Crippen LogP contribution in [0.4, 0.5) is 11.4 Å². The van der Waals surface area contributed by atoms with E-state index in [2.05, 4.69) is 4.90 Å². The summed E-state index contributed by atoms with van der Waals surface area (Å²) in [4.78, 5) is 2.43. The van der Waals surface area contributed by atoms with Crippen molar-refractivity contribution in [3.05, 3.63) is 18.2 Å². The summed E-state index contributed by atoms with van der Waals surface area (Å²) in [6.45, 7) is 0. The van der Waals surface area contributed by atoms with Gasteiger partial charge in [0.25, 0.3) is 0 Å². The van der Waals surface area contributed by atoms with Crippen LogP contribution in [-0.4, -0.2) is 39.9 Å². The second-order valence-corrected chi connectivity index (χ2v) is 8.06. The van der Waals surface area contributed by atoms with Crippen LogP contribution in [-0.2, 0) is 10.0 Å². The molecule has 1 fully saturated rings. The highest BCUT2D eigenvalue weighted by Crippen LogP contribution is 2.32. The lowest BCUT2D eigenvalue weighted by molar-refractivity contribution is 0.427. The van der Waals surface area contributed by atoms with Gasteiger partial charge in [0.05, 0.1) is 16.3 Å². The summed E-state index contributed by atoms with van der Waals surface area (Å²) >= 11 is 0. The molecule has 0 heterocycles. The van der Waals surface area contributed by atoms with Crippen molar-refractivity contribution >= 4 is 21.4 Å². The summed E-state index contributed by atoms with van der Waals surface area (Å²) in [5, 5.41) is 0. The summed E-state index contributed by atoms with van der Waals surface area (Å²) in [6, 6.07) is 5.39. The van der Waals surface area contributed by atoms with E-state index in [4.69, 9.17) is 5.73 Å². The molecule has 0 bridgehead atoms. The first-order valence-electron chi connectivity index (χ1n) is 7.39. The quantitative estimate of drug-likeness (QED) is 0.866. The lowest BCUT2D eigenvalue weighted by Crippen LogP contribution is -2.34. The molecule has 0 spiro atoms. The molecule has 1 saturated carbocycles. The molecule has 0 saturated heterocycles. The number of benzene rings is 1. The van der Waals surface area contributed by atoms with Crippen LogP contribution in [0.15, 0.2) is 23.1 Å². The fourth-order valence-electron chi connectivity index (χ4n) is 2.87. The Morgan fingerprint density at radius 3 is 2.29 bits per heavy atom. The SMILES string of the molecule is CN(c1cc(S(=O)(=O)N(C)C)ccc1N)C1CCCCC1. The molecule has 1 aliphatic carbocycles. The van der Waals surface area contributed by atoms with Crippen LogP contribution in [0.2, 0.25) is 0 Å². The van der Waals surface area contributed by atoms with Gasteiger partial charge in [0.1, 0.15) is 0 Å². The van der Waals surface area contributed by atoms with Crippen molar-refractivity contribution < 1.29 is 8.42 Å². The van der Waals surface area contributed by atoms with E-state index < -0.39 is 10.0 Å². The molecule has 1 aromatic carbocycles. The lowest BCUT2D eigenvalue weighted by Gasteiger charge is -2.34. The van der Waals surface area contributed by atoms with Crippen LogP contribution in [0, 0.1) is 0 Å². The van der Waals surface area contributed by atoms with Crippen LogP contribution in [0.3, 0.4) is 0 Å². The summed E-state index contributed by atoms with van der Waals surface area (Å²) < 4.78 is 25.7. The molecule has 5 nitrogen and oxygen atoms in total. The van der Waals surface area contributed by atoms with E-state index in [0.717, 1.165) is 18.5 Å². The first kappa shape index (κ1) is 16.1. The molecule has 2 rings (SSSR count). The number of sulfonamides is 1. The maximum Gasteiger partial charge on any atom is 0.242 e. The Morgan fingerprint density at radius 1 is 1.10 bits per heavy atom. The second kappa shape index (κ2) is 6.23. The zero-order chi connectivity index (χ0) is 15.6. The highest BCUT2D eigenvalue weighted by atomic mass is 32.2. The van der Waals surface area contributed by atoms with Gasteiger partial charge >= 0.3 is 0 Å². The Bertz CT molecular complexity index is 593. The first-order valence-corrected chi connectivity index (χ1v) is 8.83. The molecule has 0 aromatic heterocycles. The fourth-order valence-corrected chi connectivity index (χ4v) is 3.79. The third-order valence-corrected chi connectivity index (χ3v) is 6.09. The normalized spacial score (nSPS) is 17.1. The maximum atomic E-state index is 12.3. The van der Waals surface area contributed by atoms with Gasteiger partial charge in [-0.2, -0.15) is 0 Å². The second-order valence-electron chi connectivity index (χ2n) is 5.91. The van der Waals surface area contributed by atoms with Crippen LogP contribution in [0.5, 0.6) is 0 Å². The number of nitrogen functional groups attached to an aromatic ring is 1. The van der Waals surface area contributed by atoms with Crippen LogP contribution < -0.4 is 10.6 Å². The van der Waals surface area contributed by atoms with Gasteiger partial charge in [0, 0.05) is 27.2 Å². The standard InChI is InChI=1S/C15H25N3O2S/c1-17(2)21(19,20)13-9-10-14(16)15(11-13)18(3)12-7-5-4-6-8-12/h9-12H,4-8,16H2,1-3H3. The van der Waals surface area contributed by atoms with Crippen LogP contribution >= 0.6 is 0 Å². The van der Waals surface area contributed by atoms with E-state index in [9.17, 15) is 8.42 Å². The third kappa shape index (κ3) is 3.32. The average Bonchev–Trinajstić information content (AvgIpc) is 2.47. The van der Waals surface area contributed by atoms with Crippen molar-refractivity contribution in [2.45, 2.75) is 43.0 Å². The number of anilines is 2. The Hall–Kier alpha value is -1.27. The summed E-state index contributed by atoms with van der Waals surface area (Å²) in [5.41, 5.74) is 7.50. The molecular formula is C15H25N3O2S. The van der Waals surface area contributed by atoms with Gasteiger partial charge in [-0.05, 0) is 31.0 Å². The van der Waals surface area contributed by atoms with Gasteiger partial charge < -0.3 is 10.6 Å². The highest BCUT2D eigenvalue weighted by Gasteiger charge is 2.23. The van der Waals surface area contributed by atoms with Crippen molar-refractivity contribution in [1.29, 1.82) is 0 Å². The molecule has 1 aliphatic rings. The fraction of sp³-hybridized carbons (Fsp3) is 0.600. The first-order chi connectivity index (χ1) is 9.84. The van der Waals surface area contributed by atoms with E-state index in [1.54, 1.807) is 18.2 Å². The van der Waals surface area contributed by atoms with Gasteiger partial charge in [0.2, 0.25) is 10.0 Å². The zero-order valence-electron chi connectivity index (χ0n) is 13.0. The Kier molecular flexibility index (Phi) is 4.78. The topological polar surface area (TPSA) is 66.6 Å². The van der Waals surface area contributed by atoms with E-state index in [0.29, 0.717) is 16.6 Å². The molecule has 0 unspecified atom stereocenters. The minimum atomic E-state index is -3.43. The molecule has 0 aliphatic heterocycles. The zero-order valence-corrected chi connectivity index (χ0v) is 13.9. The Balaban J connectivity index is 2.35. The number of nitrogens with zero attached hydrogens (tertiary/aromatic N) is 2. The van der Waals surface area contributed by atoms with Crippen molar-refractivity contribution in [2.75, 3.05) is 31.8 Å². The van der Waals surface area contributed by atoms with Gasteiger partial charge in [-0.1, -0.05) is 19.3 Å². The number of hydrogen-bond donors (Lipinski definition) is 1. The van der Waals surface area contributed by atoms with Crippen molar-refractivity contribution in [3.63, 3.8) is 0 Å². The number of nitrogens with two attached hydrogens (primary N) is 1. The van der Waals surface area contributed by atoms with Crippen LogP contribution in [0.1, 0.15) is 32.1 Å². The van der Waals surface area contributed by atoms with Crippen molar-refractivity contribution in [2.24, 2.45) is 0 Å². The van der Waals surface area contributed by atoms with Gasteiger partial charge in [-0.15, -0.1) is 0 Å². The predicted molar refractivity (Wildman–Crippen MR) is 87.0 cm³/mol. The molecule has 6 heteroatoms. The van der Waals surface area contributed by atoms with Crippen molar-refractivity contribution in [3.8, 4) is 0 Å². The maximum absolute atomic E-state index is 12.3. The number of rotatable bonds is 4. The van der Waals surface area contributed by atoms with Gasteiger partial charge in [-0.3, -0.25) is 0 Å². The van der Waals surface area contributed by atoms with E-state index in [1.165, 1.54) is 37.7 Å². The minimum absolute atomic E-state index is 0.291. The van der Waals surface area contributed by atoms with Crippen molar-refractivity contribution in [1.82, 2.24) is 4.31 Å². The predicted octanol–water partition coefficient (Wildman–Crippen LogP) is 2.29. The summed E-state index contributed by atoms with van der Waals surface area (Å²) in [5.74, 6) is 0. The third-order valence-electron chi connectivity index (χ3n) is 4.28. The van der Waals surface area contributed by atoms with E-state index >= 15 is 0 Å². The molecule has 0 radical (unpaired) electrons. The monoisotopic (exact) mass is 311 g/mol. The van der Waals surface area contributed by atoms with E-state index in [1.807, 2.05) is 7.05 Å². The highest BCUT2D eigenvalue weighted by molar-refractivity contribution is 7.89. The van der Waals surface area contributed by atoms with Gasteiger partial charge in [0.15, 0.2) is 0 Å². The molecule has 21 heavy (non-hydrogen) atoms.